The zero-order valence-corrected chi connectivity index (χ0v) is 11.7. The third-order valence-corrected chi connectivity index (χ3v) is 3.76. The molecule has 5 N–H and O–H groups in total. The monoisotopic (exact) mass is 302 g/mol. The van der Waals surface area contributed by atoms with E-state index in [2.05, 4.69) is 5.10 Å². The Balaban J connectivity index is 1.96. The molecule has 1 aromatic rings. The van der Waals surface area contributed by atoms with E-state index in [0.717, 1.165) is 5.57 Å². The van der Waals surface area contributed by atoms with Crippen LogP contribution in [0.25, 0.3) is 5.57 Å². The number of phenols is 1. The van der Waals surface area contributed by atoms with Gasteiger partial charge >= 0.3 is 0 Å². The second kappa shape index (κ2) is 5.18. The standard InChI is InChI=1S/C15H15FN4O2/c16-10-2-1-3-12(21)14(10)8-4-5-9-11(6-8)20(7-13(17)22)19-15(9)18/h1-5,11,21H,6-7H2,(H2,17,22)(H2,18,19). The van der Waals surface area contributed by atoms with E-state index < -0.39 is 11.7 Å². The van der Waals surface area contributed by atoms with Crippen molar-refractivity contribution in [3.63, 3.8) is 0 Å². The summed E-state index contributed by atoms with van der Waals surface area (Å²) in [7, 11) is 0. The third-order valence-electron chi connectivity index (χ3n) is 3.76. The summed E-state index contributed by atoms with van der Waals surface area (Å²) in [5, 5.41) is 15.5. The number of rotatable bonds is 3. The molecule has 0 aromatic heterocycles. The molecule has 0 saturated carbocycles. The molecule has 0 radical (unpaired) electrons. The van der Waals surface area contributed by atoms with Crippen molar-refractivity contribution >= 4 is 17.3 Å². The zero-order valence-electron chi connectivity index (χ0n) is 11.7. The van der Waals surface area contributed by atoms with Gasteiger partial charge in [-0.3, -0.25) is 9.80 Å². The van der Waals surface area contributed by atoms with Crippen molar-refractivity contribution in [1.82, 2.24) is 5.01 Å². The van der Waals surface area contributed by atoms with Gasteiger partial charge in [0.1, 0.15) is 23.9 Å². The SMILES string of the molecule is NC(=O)CN1N=C(N)C2=CC=C(c3c(O)cccc3F)CC21. The van der Waals surface area contributed by atoms with Crippen molar-refractivity contribution in [2.45, 2.75) is 12.5 Å². The maximum atomic E-state index is 14.0. The molecule has 1 unspecified atom stereocenters. The quantitative estimate of drug-likeness (QED) is 0.763. The first-order chi connectivity index (χ1) is 10.5. The van der Waals surface area contributed by atoms with Crippen LogP contribution in [0.4, 0.5) is 4.39 Å². The summed E-state index contributed by atoms with van der Waals surface area (Å²) >= 11 is 0. The number of hydrazone groups is 1. The molecule has 1 aliphatic heterocycles. The van der Waals surface area contributed by atoms with Gasteiger partial charge in [0.15, 0.2) is 0 Å². The molecule has 7 heteroatoms. The summed E-state index contributed by atoms with van der Waals surface area (Å²) in [4.78, 5) is 11.1. The van der Waals surface area contributed by atoms with E-state index in [1.54, 1.807) is 12.2 Å². The lowest BCUT2D eigenvalue weighted by Crippen LogP contribution is -2.36. The predicted octanol–water partition coefficient (Wildman–Crippen LogP) is 0.687. The summed E-state index contributed by atoms with van der Waals surface area (Å²) in [5.74, 6) is -0.838. The smallest absolute Gasteiger partial charge is 0.238 e. The van der Waals surface area contributed by atoms with Crippen LogP contribution in [-0.2, 0) is 4.79 Å². The first kappa shape index (κ1) is 14.1. The van der Waals surface area contributed by atoms with E-state index >= 15 is 0 Å². The lowest BCUT2D eigenvalue weighted by atomic mass is 9.88. The average molecular weight is 302 g/mol. The van der Waals surface area contributed by atoms with Gasteiger partial charge < -0.3 is 16.6 Å². The highest BCUT2D eigenvalue weighted by atomic mass is 19.1. The van der Waals surface area contributed by atoms with Crippen LogP contribution in [0.1, 0.15) is 12.0 Å². The number of hydrogen-bond acceptors (Lipinski definition) is 5. The largest absolute Gasteiger partial charge is 0.507 e. The molecule has 114 valence electrons. The Morgan fingerprint density at radius 3 is 2.91 bits per heavy atom. The number of primary amides is 1. The minimum Gasteiger partial charge on any atom is -0.507 e. The van der Waals surface area contributed by atoms with E-state index in [-0.39, 0.29) is 23.9 Å². The highest BCUT2D eigenvalue weighted by Crippen LogP contribution is 2.37. The summed E-state index contributed by atoms with van der Waals surface area (Å²) in [6.45, 7) is -0.0702. The molecule has 0 fully saturated rings. The van der Waals surface area contributed by atoms with Gasteiger partial charge in [0.25, 0.3) is 0 Å². The van der Waals surface area contributed by atoms with Crippen LogP contribution in [0.3, 0.4) is 0 Å². The molecule has 1 atom stereocenters. The van der Waals surface area contributed by atoms with Crippen LogP contribution in [0, 0.1) is 5.82 Å². The Kier molecular flexibility index (Phi) is 3.32. The minimum atomic E-state index is -0.525. The molecule has 1 heterocycles. The van der Waals surface area contributed by atoms with Crippen molar-refractivity contribution < 1.29 is 14.3 Å². The number of nitrogens with zero attached hydrogens (tertiary/aromatic N) is 2. The number of nitrogens with two attached hydrogens (primary N) is 2. The van der Waals surface area contributed by atoms with E-state index in [4.69, 9.17) is 11.5 Å². The van der Waals surface area contributed by atoms with Crippen molar-refractivity contribution in [2.24, 2.45) is 16.6 Å². The highest BCUT2D eigenvalue weighted by Gasteiger charge is 2.34. The van der Waals surface area contributed by atoms with E-state index in [9.17, 15) is 14.3 Å². The van der Waals surface area contributed by atoms with Gasteiger partial charge in [-0.15, -0.1) is 0 Å². The summed E-state index contributed by atoms with van der Waals surface area (Å²) < 4.78 is 14.0. The van der Waals surface area contributed by atoms with Crippen molar-refractivity contribution in [3.05, 3.63) is 47.3 Å². The van der Waals surface area contributed by atoms with E-state index in [0.29, 0.717) is 17.8 Å². The zero-order chi connectivity index (χ0) is 15.9. The van der Waals surface area contributed by atoms with Crippen molar-refractivity contribution in [2.75, 3.05) is 6.54 Å². The fourth-order valence-corrected chi connectivity index (χ4v) is 2.80. The Morgan fingerprint density at radius 1 is 1.45 bits per heavy atom. The van der Waals surface area contributed by atoms with Gasteiger partial charge in [0.05, 0.1) is 11.6 Å². The number of amides is 1. The number of benzene rings is 1. The number of hydrogen-bond donors (Lipinski definition) is 3. The normalized spacial score (nSPS) is 20.1. The highest BCUT2D eigenvalue weighted by molar-refractivity contribution is 6.01. The maximum absolute atomic E-state index is 14.0. The lowest BCUT2D eigenvalue weighted by molar-refractivity contribution is -0.119. The predicted molar refractivity (Wildman–Crippen MR) is 80.1 cm³/mol. The number of carbonyl (C=O) groups excluding carboxylic acids is 1. The number of carbonyl (C=O) groups is 1. The average Bonchev–Trinajstić information content (AvgIpc) is 2.74. The number of allylic oxidation sites excluding steroid dienone is 2. The molecule has 1 aliphatic carbocycles. The Morgan fingerprint density at radius 2 is 2.23 bits per heavy atom. The Labute approximate surface area is 126 Å². The summed E-state index contributed by atoms with van der Waals surface area (Å²) in [6, 6.07) is 3.87. The molecule has 0 bridgehead atoms. The number of aromatic hydroxyl groups is 1. The third kappa shape index (κ3) is 2.30. The van der Waals surface area contributed by atoms with Crippen LogP contribution in [-0.4, -0.2) is 34.4 Å². The molecule has 0 spiro atoms. The number of amidine groups is 1. The fourth-order valence-electron chi connectivity index (χ4n) is 2.80. The van der Waals surface area contributed by atoms with Crippen molar-refractivity contribution in [1.29, 1.82) is 0 Å². The van der Waals surface area contributed by atoms with Crippen molar-refractivity contribution in [3.8, 4) is 5.75 Å². The second-order valence-corrected chi connectivity index (χ2v) is 5.22. The second-order valence-electron chi connectivity index (χ2n) is 5.22. The minimum absolute atomic E-state index is 0.0702. The van der Waals surface area contributed by atoms with Crippen LogP contribution in [0.2, 0.25) is 0 Å². The van der Waals surface area contributed by atoms with E-state index in [1.165, 1.54) is 23.2 Å². The molecular weight excluding hydrogens is 287 g/mol. The lowest BCUT2D eigenvalue weighted by Gasteiger charge is -2.26. The Bertz CT molecular complexity index is 719. The van der Waals surface area contributed by atoms with Gasteiger partial charge in [-0.2, -0.15) is 5.10 Å². The maximum Gasteiger partial charge on any atom is 0.238 e. The molecule has 0 saturated heterocycles. The molecule has 1 amide bonds. The summed E-state index contributed by atoms with van der Waals surface area (Å²) in [5.41, 5.74) is 12.6. The number of halogens is 1. The van der Waals surface area contributed by atoms with Crippen LogP contribution < -0.4 is 11.5 Å². The first-order valence-corrected chi connectivity index (χ1v) is 6.75. The number of phenolic OH excluding ortho intramolecular Hbond substituents is 1. The molecule has 22 heavy (non-hydrogen) atoms. The molecule has 2 aliphatic rings. The van der Waals surface area contributed by atoms with E-state index in [1.807, 2.05) is 0 Å². The molecular formula is C15H15FN4O2. The fraction of sp³-hybridized carbons (Fsp3) is 0.200. The van der Waals surface area contributed by atoms with Crippen LogP contribution >= 0.6 is 0 Å². The van der Waals surface area contributed by atoms with Gasteiger partial charge in [-0.05, 0) is 24.1 Å². The Hall–Kier alpha value is -2.83. The molecule has 3 rings (SSSR count). The van der Waals surface area contributed by atoms with Gasteiger partial charge in [0, 0.05) is 5.57 Å². The number of fused-ring (bicyclic) bond motifs is 1. The van der Waals surface area contributed by atoms with Gasteiger partial charge in [0.2, 0.25) is 5.91 Å². The van der Waals surface area contributed by atoms with Gasteiger partial charge in [-0.25, -0.2) is 4.39 Å². The first-order valence-electron chi connectivity index (χ1n) is 6.75. The molecule has 1 aromatic carbocycles. The molecule has 6 nitrogen and oxygen atoms in total. The van der Waals surface area contributed by atoms with Crippen LogP contribution in [0.15, 0.2) is 41.0 Å². The van der Waals surface area contributed by atoms with Gasteiger partial charge in [-0.1, -0.05) is 18.2 Å². The van der Waals surface area contributed by atoms with Crippen LogP contribution in [0.5, 0.6) is 5.75 Å². The topological polar surface area (TPSA) is 105 Å². The summed E-state index contributed by atoms with van der Waals surface area (Å²) in [6.07, 6.45) is 3.81.